The summed E-state index contributed by atoms with van der Waals surface area (Å²) in [5.74, 6) is 0.0486. The van der Waals surface area contributed by atoms with Crippen molar-refractivity contribution in [3.05, 3.63) is 72.8 Å². The van der Waals surface area contributed by atoms with Crippen LogP contribution in [0.1, 0.15) is 65.7 Å². The van der Waals surface area contributed by atoms with E-state index in [1.165, 1.54) is 23.2 Å². The maximum Gasteiger partial charge on any atom is 0.303 e. The van der Waals surface area contributed by atoms with Gasteiger partial charge < -0.3 is 9.53 Å². The molecule has 0 bridgehead atoms. The van der Waals surface area contributed by atoms with Crippen molar-refractivity contribution in [2.45, 2.75) is 70.8 Å². The Labute approximate surface area is 201 Å². The second-order valence-corrected chi connectivity index (χ2v) is 14.7. The molecule has 0 aliphatic heterocycles. The number of unbranched alkanes of at least 4 members (excludes halogenated alkanes) is 3. The van der Waals surface area contributed by atoms with Crippen molar-refractivity contribution in [3.63, 3.8) is 0 Å². The van der Waals surface area contributed by atoms with E-state index >= 15 is 0 Å². The summed E-state index contributed by atoms with van der Waals surface area (Å²) >= 11 is 0. The minimum atomic E-state index is -2.43. The van der Waals surface area contributed by atoms with Crippen LogP contribution in [0, 0.1) is 11.8 Å². The summed E-state index contributed by atoms with van der Waals surface area (Å²) in [6, 6.07) is 21.7. The van der Waals surface area contributed by atoms with E-state index in [0.29, 0.717) is 5.92 Å². The molecule has 0 aromatic heterocycles. The fourth-order valence-corrected chi connectivity index (χ4v) is 9.98. The quantitative estimate of drug-likeness (QED) is 0.232. The number of carbonyl (C=O) groups is 1. The van der Waals surface area contributed by atoms with E-state index in [-0.39, 0.29) is 17.4 Å². The number of carboxylic acids is 1. The first-order valence-corrected chi connectivity index (χ1v) is 14.4. The van der Waals surface area contributed by atoms with Crippen LogP contribution in [0.2, 0.25) is 5.04 Å². The molecule has 2 atom stereocenters. The highest BCUT2D eigenvalue weighted by atomic mass is 28.4. The first kappa shape index (κ1) is 25.4. The van der Waals surface area contributed by atoms with Crippen LogP contribution in [0.4, 0.5) is 0 Å². The third kappa shape index (κ3) is 6.45. The van der Waals surface area contributed by atoms with Crippen molar-refractivity contribution in [2.24, 2.45) is 11.8 Å². The van der Waals surface area contributed by atoms with Crippen LogP contribution in [0.25, 0.3) is 0 Å². The van der Waals surface area contributed by atoms with Gasteiger partial charge in [-0.1, -0.05) is 113 Å². The molecule has 1 aliphatic rings. The van der Waals surface area contributed by atoms with Crippen LogP contribution in [0.5, 0.6) is 0 Å². The molecule has 1 aliphatic carbocycles. The monoisotopic (exact) mass is 464 g/mol. The summed E-state index contributed by atoms with van der Waals surface area (Å²) in [7, 11) is -2.43. The van der Waals surface area contributed by atoms with Gasteiger partial charge in [-0.25, -0.2) is 0 Å². The number of carboxylic acid groups (broad SMARTS) is 1. The standard InChI is InChI=1S/C29H40O3Si/c1-29(2,3)33(26-18-9-6-10-19-26,27-20-11-7-12-21-27)32-22-13-5-4-8-15-24-16-14-17-25(24)23-28(30)31/h6-7,9-12,14,17-21,24-25H,4-5,8,13,15-16,22-23H2,1-3H3,(H,30,31)/t24-,25-/m0/s1. The van der Waals surface area contributed by atoms with E-state index in [2.05, 4.69) is 93.6 Å². The second kappa shape index (κ2) is 11.8. The highest BCUT2D eigenvalue weighted by Crippen LogP contribution is 2.37. The van der Waals surface area contributed by atoms with E-state index in [1.807, 2.05) is 0 Å². The SMILES string of the molecule is CC(C)(C)[Si](OCCCCCC[C@H]1CC=C[C@H]1CC(=O)O)(c1ccccc1)c1ccccc1. The molecule has 178 valence electrons. The predicted molar refractivity (Wildman–Crippen MR) is 140 cm³/mol. The molecule has 4 heteroatoms. The van der Waals surface area contributed by atoms with Crippen molar-refractivity contribution in [2.75, 3.05) is 6.61 Å². The molecule has 3 rings (SSSR count). The topological polar surface area (TPSA) is 46.5 Å². The Balaban J connectivity index is 1.56. The Hall–Kier alpha value is -2.17. The number of allylic oxidation sites excluding steroid dienone is 2. The third-order valence-electron chi connectivity index (χ3n) is 7.04. The Kier molecular flexibility index (Phi) is 9.10. The largest absolute Gasteiger partial charge is 0.481 e. The lowest BCUT2D eigenvalue weighted by Crippen LogP contribution is -2.66. The van der Waals surface area contributed by atoms with E-state index in [4.69, 9.17) is 9.53 Å². The molecule has 33 heavy (non-hydrogen) atoms. The molecule has 0 saturated heterocycles. The van der Waals surface area contributed by atoms with Gasteiger partial charge in [-0.2, -0.15) is 0 Å². The van der Waals surface area contributed by atoms with Crippen LogP contribution in [-0.2, 0) is 9.22 Å². The molecule has 0 spiro atoms. The number of hydrogen-bond acceptors (Lipinski definition) is 2. The molecular weight excluding hydrogens is 424 g/mol. The van der Waals surface area contributed by atoms with Gasteiger partial charge in [-0.05, 0) is 46.5 Å². The van der Waals surface area contributed by atoms with Gasteiger partial charge in [0, 0.05) is 6.61 Å². The van der Waals surface area contributed by atoms with E-state index in [1.54, 1.807) is 0 Å². The van der Waals surface area contributed by atoms with Crippen molar-refractivity contribution >= 4 is 24.7 Å². The lowest BCUT2D eigenvalue weighted by Gasteiger charge is -2.43. The van der Waals surface area contributed by atoms with Crippen molar-refractivity contribution in [1.29, 1.82) is 0 Å². The molecule has 2 aromatic carbocycles. The third-order valence-corrected chi connectivity index (χ3v) is 12.1. The van der Waals surface area contributed by atoms with Crippen molar-refractivity contribution in [3.8, 4) is 0 Å². The van der Waals surface area contributed by atoms with Crippen molar-refractivity contribution in [1.82, 2.24) is 0 Å². The number of aliphatic carboxylic acids is 1. The van der Waals surface area contributed by atoms with E-state index in [0.717, 1.165) is 32.3 Å². The maximum absolute atomic E-state index is 11.1. The second-order valence-electron chi connectivity index (χ2n) is 10.4. The lowest BCUT2D eigenvalue weighted by atomic mass is 9.88. The summed E-state index contributed by atoms with van der Waals surface area (Å²) in [6.45, 7) is 7.74. The smallest absolute Gasteiger partial charge is 0.303 e. The molecule has 0 amide bonds. The summed E-state index contributed by atoms with van der Waals surface area (Å²) in [5, 5.41) is 11.8. The summed E-state index contributed by atoms with van der Waals surface area (Å²) in [4.78, 5) is 11.1. The van der Waals surface area contributed by atoms with Crippen LogP contribution >= 0.6 is 0 Å². The number of hydrogen-bond donors (Lipinski definition) is 1. The zero-order chi connectivity index (χ0) is 23.7. The minimum absolute atomic E-state index is 0.0182. The summed E-state index contributed by atoms with van der Waals surface area (Å²) < 4.78 is 6.97. The Morgan fingerprint density at radius 2 is 1.52 bits per heavy atom. The van der Waals surface area contributed by atoms with Crippen molar-refractivity contribution < 1.29 is 14.3 Å². The van der Waals surface area contributed by atoms with Gasteiger partial charge in [-0.15, -0.1) is 0 Å². The highest BCUT2D eigenvalue weighted by Gasteiger charge is 2.49. The molecule has 0 unspecified atom stereocenters. The van der Waals surface area contributed by atoms with Crippen LogP contribution < -0.4 is 10.4 Å². The Morgan fingerprint density at radius 3 is 2.06 bits per heavy atom. The van der Waals surface area contributed by atoms with Crippen LogP contribution in [0.3, 0.4) is 0 Å². The maximum atomic E-state index is 11.1. The van der Waals surface area contributed by atoms with Gasteiger partial charge in [0.25, 0.3) is 8.32 Å². The van der Waals surface area contributed by atoms with E-state index < -0.39 is 14.3 Å². The highest BCUT2D eigenvalue weighted by molar-refractivity contribution is 6.99. The lowest BCUT2D eigenvalue weighted by molar-refractivity contribution is -0.138. The van der Waals surface area contributed by atoms with Gasteiger partial charge in [0.15, 0.2) is 0 Å². The van der Waals surface area contributed by atoms with Crippen LogP contribution in [-0.4, -0.2) is 26.0 Å². The molecule has 3 nitrogen and oxygen atoms in total. The molecule has 2 aromatic rings. The molecule has 0 heterocycles. The first-order chi connectivity index (χ1) is 15.8. The predicted octanol–water partition coefficient (Wildman–Crippen LogP) is 6.18. The molecular formula is C29H40O3Si. The molecule has 0 fully saturated rings. The Bertz CT molecular complexity index is 847. The molecule has 1 N–H and O–H groups in total. The Morgan fingerprint density at radius 1 is 0.939 bits per heavy atom. The van der Waals surface area contributed by atoms with Gasteiger partial charge >= 0.3 is 5.97 Å². The summed E-state index contributed by atoms with van der Waals surface area (Å²) in [6.07, 6.45) is 11.3. The number of benzene rings is 2. The first-order valence-electron chi connectivity index (χ1n) is 12.5. The fraction of sp³-hybridized carbons (Fsp3) is 0.483. The van der Waals surface area contributed by atoms with Gasteiger partial charge in [0.2, 0.25) is 0 Å². The zero-order valence-corrected chi connectivity index (χ0v) is 21.5. The zero-order valence-electron chi connectivity index (χ0n) is 20.5. The minimum Gasteiger partial charge on any atom is -0.481 e. The molecule has 0 saturated carbocycles. The van der Waals surface area contributed by atoms with E-state index in [9.17, 15) is 4.79 Å². The van der Waals surface area contributed by atoms with Gasteiger partial charge in [0.1, 0.15) is 0 Å². The number of rotatable bonds is 12. The van der Waals surface area contributed by atoms with Gasteiger partial charge in [0.05, 0.1) is 6.42 Å². The normalized spacial score (nSPS) is 18.5. The average Bonchev–Trinajstić information content (AvgIpc) is 3.22. The average molecular weight is 465 g/mol. The van der Waals surface area contributed by atoms with Gasteiger partial charge in [-0.3, -0.25) is 4.79 Å². The summed E-state index contributed by atoms with van der Waals surface area (Å²) in [5.41, 5.74) is 0. The van der Waals surface area contributed by atoms with Crippen LogP contribution in [0.15, 0.2) is 72.8 Å². The molecule has 0 radical (unpaired) electrons. The fourth-order valence-electron chi connectivity index (χ4n) is 5.38.